The number of carboxylic acids is 1. The van der Waals surface area contributed by atoms with Gasteiger partial charge in [0.25, 0.3) is 0 Å². The van der Waals surface area contributed by atoms with Crippen LogP contribution < -0.4 is 4.74 Å². The van der Waals surface area contributed by atoms with Crippen molar-refractivity contribution in [3.05, 3.63) is 24.3 Å². The van der Waals surface area contributed by atoms with Crippen molar-refractivity contribution < 1.29 is 32.9 Å². The molecule has 1 aromatic rings. The van der Waals surface area contributed by atoms with Gasteiger partial charge in [-0.1, -0.05) is 0 Å². The summed E-state index contributed by atoms with van der Waals surface area (Å²) in [4.78, 5) is 11.6. The molecule has 2 rings (SSSR count). The molecule has 8 heteroatoms. The van der Waals surface area contributed by atoms with Crippen molar-refractivity contribution in [3.8, 4) is 5.75 Å². The summed E-state index contributed by atoms with van der Waals surface area (Å²) in [6.45, 7) is 0.150. The van der Waals surface area contributed by atoms with Crippen LogP contribution in [0.4, 0.5) is 0 Å². The SMILES string of the molecule is O=C(O)C1(S(=O)(=O)c2ccc(OCCO)cc2)CCOCC1. The molecule has 122 valence electrons. The molecule has 0 unspecified atom stereocenters. The lowest BCUT2D eigenvalue weighted by molar-refractivity contribution is -0.142. The second kappa shape index (κ2) is 6.64. The average molecular weight is 330 g/mol. The van der Waals surface area contributed by atoms with Crippen molar-refractivity contribution in [2.24, 2.45) is 0 Å². The quantitative estimate of drug-likeness (QED) is 0.780. The molecule has 22 heavy (non-hydrogen) atoms. The Morgan fingerprint density at radius 1 is 1.23 bits per heavy atom. The van der Waals surface area contributed by atoms with E-state index < -0.39 is 20.6 Å². The molecule has 2 N–H and O–H groups in total. The van der Waals surface area contributed by atoms with Crippen LogP contribution in [0.3, 0.4) is 0 Å². The lowest BCUT2D eigenvalue weighted by atomic mass is 9.99. The van der Waals surface area contributed by atoms with Crippen molar-refractivity contribution in [1.29, 1.82) is 0 Å². The summed E-state index contributed by atoms with van der Waals surface area (Å²) in [5.74, 6) is -0.944. The van der Waals surface area contributed by atoms with E-state index in [-0.39, 0.29) is 44.2 Å². The van der Waals surface area contributed by atoms with Crippen LogP contribution >= 0.6 is 0 Å². The minimum atomic E-state index is -4.04. The monoisotopic (exact) mass is 330 g/mol. The van der Waals surface area contributed by atoms with E-state index in [2.05, 4.69) is 0 Å². The number of sulfone groups is 1. The highest BCUT2D eigenvalue weighted by Crippen LogP contribution is 2.35. The molecule has 1 aliphatic heterocycles. The number of aliphatic hydroxyl groups excluding tert-OH is 1. The highest BCUT2D eigenvalue weighted by Gasteiger charge is 2.52. The minimum absolute atomic E-state index is 0.0619. The molecule has 1 aliphatic rings. The Kier molecular flexibility index (Phi) is 5.05. The fraction of sp³-hybridized carbons (Fsp3) is 0.500. The summed E-state index contributed by atoms with van der Waals surface area (Å²) in [5, 5.41) is 18.1. The Balaban J connectivity index is 2.33. The van der Waals surface area contributed by atoms with Crippen LogP contribution in [0.1, 0.15) is 12.8 Å². The minimum Gasteiger partial charge on any atom is -0.491 e. The van der Waals surface area contributed by atoms with Crippen LogP contribution in [0.15, 0.2) is 29.2 Å². The third-order valence-corrected chi connectivity index (χ3v) is 6.20. The molecule has 1 fully saturated rings. The van der Waals surface area contributed by atoms with Gasteiger partial charge in [-0.25, -0.2) is 8.42 Å². The number of aliphatic carboxylic acids is 1. The largest absolute Gasteiger partial charge is 0.491 e. The molecule has 1 aromatic carbocycles. The number of carboxylic acid groups (broad SMARTS) is 1. The number of aliphatic hydroxyl groups is 1. The molecule has 1 saturated heterocycles. The van der Waals surface area contributed by atoms with Crippen molar-refractivity contribution in [3.63, 3.8) is 0 Å². The summed E-state index contributed by atoms with van der Waals surface area (Å²) in [7, 11) is -4.04. The predicted octanol–water partition coefficient (Wildman–Crippen LogP) is 0.465. The first kappa shape index (κ1) is 16.7. The van der Waals surface area contributed by atoms with Gasteiger partial charge in [-0.15, -0.1) is 0 Å². The zero-order chi connectivity index (χ0) is 16.2. The molecule has 1 heterocycles. The molecular weight excluding hydrogens is 312 g/mol. The zero-order valence-corrected chi connectivity index (χ0v) is 12.7. The van der Waals surface area contributed by atoms with Crippen LogP contribution in [0.25, 0.3) is 0 Å². The number of rotatable bonds is 6. The number of benzene rings is 1. The van der Waals surface area contributed by atoms with Crippen LogP contribution in [-0.4, -0.2) is 55.8 Å². The second-order valence-electron chi connectivity index (χ2n) is 4.96. The molecule has 0 amide bonds. The molecular formula is C14H18O7S. The maximum atomic E-state index is 12.8. The molecule has 0 aliphatic carbocycles. The van der Waals surface area contributed by atoms with Gasteiger partial charge in [-0.2, -0.15) is 0 Å². The fourth-order valence-corrected chi connectivity index (χ4v) is 4.28. The molecule has 0 aromatic heterocycles. The average Bonchev–Trinajstić information content (AvgIpc) is 2.53. The lowest BCUT2D eigenvalue weighted by Gasteiger charge is -2.32. The second-order valence-corrected chi connectivity index (χ2v) is 7.22. The normalized spacial score (nSPS) is 17.9. The summed E-state index contributed by atoms with van der Waals surface area (Å²) in [5.41, 5.74) is 0. The molecule has 0 atom stereocenters. The van der Waals surface area contributed by atoms with Gasteiger partial charge >= 0.3 is 5.97 Å². The number of ether oxygens (including phenoxy) is 2. The van der Waals surface area contributed by atoms with Gasteiger partial charge in [0, 0.05) is 26.1 Å². The van der Waals surface area contributed by atoms with E-state index in [0.717, 1.165) is 0 Å². The van der Waals surface area contributed by atoms with Gasteiger partial charge < -0.3 is 19.7 Å². The van der Waals surface area contributed by atoms with E-state index in [4.69, 9.17) is 14.6 Å². The van der Waals surface area contributed by atoms with E-state index in [1.165, 1.54) is 24.3 Å². The Morgan fingerprint density at radius 2 is 1.82 bits per heavy atom. The van der Waals surface area contributed by atoms with E-state index >= 15 is 0 Å². The molecule has 0 radical (unpaired) electrons. The van der Waals surface area contributed by atoms with E-state index in [9.17, 15) is 18.3 Å². The van der Waals surface area contributed by atoms with E-state index in [1.807, 2.05) is 0 Å². The van der Waals surface area contributed by atoms with Crippen molar-refractivity contribution in [1.82, 2.24) is 0 Å². The van der Waals surface area contributed by atoms with Gasteiger partial charge in [0.05, 0.1) is 11.5 Å². The first-order valence-corrected chi connectivity index (χ1v) is 8.32. The van der Waals surface area contributed by atoms with Crippen molar-refractivity contribution in [2.75, 3.05) is 26.4 Å². The summed E-state index contributed by atoms with van der Waals surface area (Å²) in [6, 6.07) is 5.53. The summed E-state index contributed by atoms with van der Waals surface area (Å²) in [6.07, 6.45) is -0.152. The Morgan fingerprint density at radius 3 is 2.32 bits per heavy atom. The molecule has 0 spiro atoms. The summed E-state index contributed by atoms with van der Waals surface area (Å²) >= 11 is 0. The summed E-state index contributed by atoms with van der Waals surface area (Å²) < 4.78 is 33.9. The van der Waals surface area contributed by atoms with Crippen LogP contribution in [0.5, 0.6) is 5.75 Å². The number of hydrogen-bond acceptors (Lipinski definition) is 6. The van der Waals surface area contributed by atoms with Gasteiger partial charge in [0.1, 0.15) is 12.4 Å². The van der Waals surface area contributed by atoms with Crippen molar-refractivity contribution >= 4 is 15.8 Å². The lowest BCUT2D eigenvalue weighted by Crippen LogP contribution is -2.50. The first-order valence-electron chi connectivity index (χ1n) is 6.83. The maximum absolute atomic E-state index is 12.8. The Hall–Kier alpha value is -1.64. The van der Waals surface area contributed by atoms with Crippen molar-refractivity contribution in [2.45, 2.75) is 22.5 Å². The predicted molar refractivity (Wildman–Crippen MR) is 76.6 cm³/mol. The fourth-order valence-electron chi connectivity index (χ4n) is 2.40. The highest BCUT2D eigenvalue weighted by atomic mass is 32.2. The Labute approximate surface area is 128 Å². The third kappa shape index (κ3) is 2.94. The number of hydrogen-bond donors (Lipinski definition) is 2. The van der Waals surface area contributed by atoms with Gasteiger partial charge in [0.15, 0.2) is 14.6 Å². The van der Waals surface area contributed by atoms with E-state index in [1.54, 1.807) is 0 Å². The molecule has 0 bridgehead atoms. The number of carbonyl (C=O) groups is 1. The third-order valence-electron chi connectivity index (χ3n) is 3.70. The van der Waals surface area contributed by atoms with Crippen LogP contribution in [0, 0.1) is 0 Å². The maximum Gasteiger partial charge on any atom is 0.325 e. The van der Waals surface area contributed by atoms with Crippen LogP contribution in [0.2, 0.25) is 0 Å². The smallest absolute Gasteiger partial charge is 0.325 e. The van der Waals surface area contributed by atoms with Gasteiger partial charge in [-0.05, 0) is 24.3 Å². The first-order chi connectivity index (χ1) is 10.4. The standard InChI is InChI=1S/C14H18O7S/c15-7-10-21-11-1-3-12(4-2-11)22(18,19)14(13(16)17)5-8-20-9-6-14/h1-4,15H,5-10H2,(H,16,17). The molecule has 7 nitrogen and oxygen atoms in total. The highest BCUT2D eigenvalue weighted by molar-refractivity contribution is 7.93. The Bertz CT molecular complexity index is 615. The van der Waals surface area contributed by atoms with E-state index in [0.29, 0.717) is 5.75 Å². The van der Waals surface area contributed by atoms with Gasteiger partial charge in [0.2, 0.25) is 0 Å². The van der Waals surface area contributed by atoms with Gasteiger partial charge in [-0.3, -0.25) is 4.79 Å². The van der Waals surface area contributed by atoms with Crippen LogP contribution in [-0.2, 0) is 19.4 Å². The zero-order valence-electron chi connectivity index (χ0n) is 11.9. The topological polar surface area (TPSA) is 110 Å². The molecule has 0 saturated carbocycles.